The molecule has 0 radical (unpaired) electrons. The average molecular weight is 478 g/mol. The first-order valence-corrected chi connectivity index (χ1v) is 8.18. The number of aryl methyl sites for hydroxylation is 1. The van der Waals surface area contributed by atoms with Crippen LogP contribution in [0.5, 0.6) is 5.75 Å². The first-order chi connectivity index (χ1) is 12.0. The van der Waals surface area contributed by atoms with Crippen molar-refractivity contribution in [2.45, 2.75) is 13.5 Å². The van der Waals surface area contributed by atoms with Crippen LogP contribution in [0.15, 0.2) is 41.5 Å². The summed E-state index contributed by atoms with van der Waals surface area (Å²) >= 11 is 0. The Bertz CT molecular complexity index is 721. The van der Waals surface area contributed by atoms with Gasteiger partial charge in [0, 0.05) is 38.6 Å². The summed E-state index contributed by atoms with van der Waals surface area (Å²) in [5, 5.41) is 3.23. The van der Waals surface area contributed by atoms with E-state index in [0.717, 1.165) is 31.2 Å². The molecular weight excluding hydrogens is 453 g/mol. The summed E-state index contributed by atoms with van der Waals surface area (Å²) in [5.41, 5.74) is 1.17. The average Bonchev–Trinajstić information content (AvgIpc) is 2.98. The molecule has 0 atom stereocenters. The first kappa shape index (κ1) is 22.2. The Labute approximate surface area is 170 Å². The van der Waals surface area contributed by atoms with Gasteiger partial charge in [0.2, 0.25) is 0 Å². The molecule has 26 heavy (non-hydrogen) atoms. The van der Waals surface area contributed by atoms with E-state index in [0.29, 0.717) is 6.54 Å². The lowest BCUT2D eigenvalue weighted by atomic mass is 10.3. The van der Waals surface area contributed by atoms with Gasteiger partial charge in [-0.2, -0.15) is 0 Å². The quantitative estimate of drug-likeness (QED) is 0.287. The third kappa shape index (κ3) is 6.47. The summed E-state index contributed by atoms with van der Waals surface area (Å²) in [6, 6.07) is 7.54. The highest BCUT2D eigenvalue weighted by Gasteiger charge is 2.08. The van der Waals surface area contributed by atoms with Crippen molar-refractivity contribution in [2.75, 3.05) is 26.7 Å². The zero-order valence-electron chi connectivity index (χ0n) is 15.2. The Morgan fingerprint density at radius 1 is 1.27 bits per heavy atom. The van der Waals surface area contributed by atoms with Gasteiger partial charge in [-0.3, -0.25) is 0 Å². The van der Waals surface area contributed by atoms with Crippen molar-refractivity contribution in [2.24, 2.45) is 12.0 Å². The normalized spacial score (nSPS) is 11.0. The summed E-state index contributed by atoms with van der Waals surface area (Å²) in [6.07, 6.45) is 2.00. The van der Waals surface area contributed by atoms with Crippen LogP contribution in [0.1, 0.15) is 12.6 Å². The summed E-state index contributed by atoms with van der Waals surface area (Å²) in [7, 11) is 3.97. The first-order valence-electron chi connectivity index (χ1n) is 8.18. The molecule has 1 heterocycles. The molecule has 1 aromatic heterocycles. The molecule has 1 N–H and O–H groups in total. The second-order valence-electron chi connectivity index (χ2n) is 5.63. The van der Waals surface area contributed by atoms with Crippen LogP contribution in [0.4, 0.5) is 8.78 Å². The molecule has 2 rings (SSSR count). The van der Waals surface area contributed by atoms with E-state index in [2.05, 4.69) is 20.9 Å². The van der Waals surface area contributed by atoms with Crippen molar-refractivity contribution in [1.29, 1.82) is 0 Å². The predicted octanol–water partition coefficient (Wildman–Crippen LogP) is 3.40. The molecule has 0 unspecified atom stereocenters. The van der Waals surface area contributed by atoms with Gasteiger partial charge in [-0.05, 0) is 31.2 Å². The van der Waals surface area contributed by atoms with Crippen LogP contribution in [-0.2, 0) is 13.6 Å². The molecular formula is C18H25F2IN4O. The molecule has 144 valence electrons. The van der Waals surface area contributed by atoms with Gasteiger partial charge in [0.05, 0.1) is 13.1 Å². The topological polar surface area (TPSA) is 41.8 Å². The lowest BCUT2D eigenvalue weighted by molar-refractivity contribution is 0.324. The molecule has 0 aliphatic heterocycles. The maximum Gasteiger partial charge on any atom is 0.194 e. The molecule has 0 bridgehead atoms. The van der Waals surface area contributed by atoms with Crippen LogP contribution >= 0.6 is 24.0 Å². The molecule has 0 saturated heterocycles. The number of benzene rings is 1. The van der Waals surface area contributed by atoms with E-state index >= 15 is 0 Å². The number of rotatable bonds is 7. The molecule has 0 amide bonds. The fraction of sp³-hybridized carbons (Fsp3) is 0.389. The second kappa shape index (κ2) is 11.0. The molecule has 0 aliphatic rings. The smallest absolute Gasteiger partial charge is 0.194 e. The van der Waals surface area contributed by atoms with Crippen LogP contribution in [-0.4, -0.2) is 42.2 Å². The minimum Gasteiger partial charge on any atom is -0.492 e. The van der Waals surface area contributed by atoms with Crippen LogP contribution < -0.4 is 10.1 Å². The number of hydrogen-bond donors (Lipinski definition) is 1. The number of guanidine groups is 1. The molecule has 0 aliphatic carbocycles. The van der Waals surface area contributed by atoms with E-state index in [1.807, 2.05) is 38.2 Å². The highest BCUT2D eigenvalue weighted by atomic mass is 127. The van der Waals surface area contributed by atoms with Crippen molar-refractivity contribution in [3.63, 3.8) is 0 Å². The third-order valence-electron chi connectivity index (χ3n) is 3.66. The van der Waals surface area contributed by atoms with Crippen molar-refractivity contribution in [3.05, 3.63) is 53.9 Å². The van der Waals surface area contributed by atoms with Gasteiger partial charge < -0.3 is 19.5 Å². The zero-order valence-corrected chi connectivity index (χ0v) is 17.5. The minimum atomic E-state index is -0.920. The SMILES string of the molecule is CCNC(=NCCOc1ccc(F)c(F)c1)N(C)Cc1cccn1C.I. The van der Waals surface area contributed by atoms with Crippen LogP contribution in [0, 0.1) is 11.6 Å². The van der Waals surface area contributed by atoms with Gasteiger partial charge in [-0.25, -0.2) is 13.8 Å². The Hall–Kier alpha value is -1.84. The third-order valence-corrected chi connectivity index (χ3v) is 3.66. The van der Waals surface area contributed by atoms with E-state index in [1.54, 1.807) is 0 Å². The maximum atomic E-state index is 13.1. The molecule has 0 fully saturated rings. The highest BCUT2D eigenvalue weighted by Crippen LogP contribution is 2.15. The Morgan fingerprint density at radius 3 is 2.65 bits per heavy atom. The number of nitrogens with one attached hydrogen (secondary N) is 1. The number of ether oxygens (including phenoxy) is 1. The Balaban J connectivity index is 0.00000338. The minimum absolute atomic E-state index is 0. The summed E-state index contributed by atoms with van der Waals surface area (Å²) in [6.45, 7) is 4.15. The van der Waals surface area contributed by atoms with E-state index in [9.17, 15) is 8.78 Å². The van der Waals surface area contributed by atoms with Crippen LogP contribution in [0.25, 0.3) is 0 Å². The number of aliphatic imine (C=N–C) groups is 1. The number of hydrogen-bond acceptors (Lipinski definition) is 2. The van der Waals surface area contributed by atoms with E-state index < -0.39 is 11.6 Å². The van der Waals surface area contributed by atoms with E-state index in [-0.39, 0.29) is 36.3 Å². The van der Waals surface area contributed by atoms with Gasteiger partial charge in [0.1, 0.15) is 12.4 Å². The zero-order chi connectivity index (χ0) is 18.2. The molecule has 1 aromatic carbocycles. The monoisotopic (exact) mass is 478 g/mol. The van der Waals surface area contributed by atoms with E-state index in [4.69, 9.17) is 4.74 Å². The van der Waals surface area contributed by atoms with Crippen LogP contribution in [0.2, 0.25) is 0 Å². The number of nitrogens with zero attached hydrogens (tertiary/aromatic N) is 3. The van der Waals surface area contributed by atoms with E-state index in [1.165, 1.54) is 11.8 Å². The molecule has 0 spiro atoms. The van der Waals surface area contributed by atoms with Crippen molar-refractivity contribution in [1.82, 2.24) is 14.8 Å². The summed E-state index contributed by atoms with van der Waals surface area (Å²) in [4.78, 5) is 6.53. The molecule has 0 saturated carbocycles. The lowest BCUT2D eigenvalue weighted by Crippen LogP contribution is -2.39. The van der Waals surface area contributed by atoms with Crippen molar-refractivity contribution >= 4 is 29.9 Å². The second-order valence-corrected chi connectivity index (χ2v) is 5.63. The van der Waals surface area contributed by atoms with Gasteiger partial charge in [-0.15, -0.1) is 24.0 Å². The maximum absolute atomic E-state index is 13.1. The molecule has 8 heteroatoms. The Kier molecular flexibility index (Phi) is 9.39. The lowest BCUT2D eigenvalue weighted by Gasteiger charge is -2.22. The summed E-state index contributed by atoms with van der Waals surface area (Å²) in [5.74, 6) is -0.757. The van der Waals surface area contributed by atoms with Crippen molar-refractivity contribution < 1.29 is 13.5 Å². The standard InChI is InChI=1S/C18H24F2N4O.HI/c1-4-21-18(24(3)13-14-6-5-10-23(14)2)22-9-11-25-15-7-8-16(19)17(20)12-15;/h5-8,10,12H,4,9,11,13H2,1-3H3,(H,21,22);1H. The largest absolute Gasteiger partial charge is 0.492 e. The van der Waals surface area contributed by atoms with Gasteiger partial charge in [0.15, 0.2) is 17.6 Å². The molecule has 5 nitrogen and oxygen atoms in total. The fourth-order valence-corrected chi connectivity index (χ4v) is 2.33. The molecule has 2 aromatic rings. The van der Waals surface area contributed by atoms with Gasteiger partial charge >= 0.3 is 0 Å². The summed E-state index contributed by atoms with van der Waals surface area (Å²) < 4.78 is 33.5. The van der Waals surface area contributed by atoms with Gasteiger partial charge in [-0.1, -0.05) is 0 Å². The highest BCUT2D eigenvalue weighted by molar-refractivity contribution is 14.0. The Morgan fingerprint density at radius 2 is 2.04 bits per heavy atom. The fourth-order valence-electron chi connectivity index (χ4n) is 2.33. The predicted molar refractivity (Wildman–Crippen MR) is 110 cm³/mol. The number of halogens is 3. The van der Waals surface area contributed by atoms with Crippen molar-refractivity contribution in [3.8, 4) is 5.75 Å². The van der Waals surface area contributed by atoms with Gasteiger partial charge in [0.25, 0.3) is 0 Å². The van der Waals surface area contributed by atoms with Crippen LogP contribution in [0.3, 0.4) is 0 Å². The number of aromatic nitrogens is 1.